The number of carbonyl (C=O) groups is 1. The Morgan fingerprint density at radius 1 is 1.14 bits per heavy atom. The van der Waals surface area contributed by atoms with Gasteiger partial charge in [0, 0.05) is 18.4 Å². The smallest absolute Gasteiger partial charge is 0.302 e. The van der Waals surface area contributed by atoms with Crippen LogP contribution in [0.5, 0.6) is 0 Å². The minimum atomic E-state index is -1.56. The highest BCUT2D eigenvalue weighted by molar-refractivity contribution is 6.73. The van der Waals surface area contributed by atoms with Gasteiger partial charge in [0.25, 0.3) is 0 Å². The van der Waals surface area contributed by atoms with E-state index < -0.39 is 8.32 Å². The van der Waals surface area contributed by atoms with E-state index in [-0.39, 0.29) is 17.5 Å². The van der Waals surface area contributed by atoms with Gasteiger partial charge in [0.05, 0.1) is 0 Å². The van der Waals surface area contributed by atoms with Gasteiger partial charge >= 0.3 is 5.97 Å². The number of fused-ring (bicyclic) bond motifs is 1. The molecule has 4 atom stereocenters. The van der Waals surface area contributed by atoms with Crippen molar-refractivity contribution in [1.29, 1.82) is 0 Å². The summed E-state index contributed by atoms with van der Waals surface area (Å²) in [6, 6.07) is 3.65. The quantitative estimate of drug-likeness (QED) is 0.514. The van der Waals surface area contributed by atoms with E-state index in [1.807, 2.05) is 0 Å². The molecule has 0 aromatic carbocycles. The molecule has 4 heteroatoms. The number of rotatable bonds is 6. The van der Waals surface area contributed by atoms with Crippen molar-refractivity contribution in [3.05, 3.63) is 0 Å². The summed E-state index contributed by atoms with van der Waals surface area (Å²) in [5, 5.41) is 0. The van der Waals surface area contributed by atoms with Crippen molar-refractivity contribution < 1.29 is 14.0 Å². The van der Waals surface area contributed by atoms with Crippen LogP contribution in [0.4, 0.5) is 0 Å². The molecule has 0 bridgehead atoms. The Bertz CT molecular complexity index is 386. The molecule has 2 unspecified atom stereocenters. The molecule has 0 radical (unpaired) electrons. The molecular formula is C18H34O3Si. The summed E-state index contributed by atoms with van der Waals surface area (Å²) in [6.45, 7) is 10.8. The van der Waals surface area contributed by atoms with Crippen LogP contribution in [0.3, 0.4) is 0 Å². The van der Waals surface area contributed by atoms with Crippen molar-refractivity contribution in [2.24, 2.45) is 11.3 Å². The summed E-state index contributed by atoms with van der Waals surface area (Å²) in [4.78, 5) is 11.4. The third-order valence-corrected chi connectivity index (χ3v) is 11.3. The minimum Gasteiger partial charge on any atom is -0.462 e. The molecule has 3 nitrogen and oxygen atoms in total. The maximum absolute atomic E-state index is 11.4. The van der Waals surface area contributed by atoms with Gasteiger partial charge < -0.3 is 9.16 Å². The molecule has 22 heavy (non-hydrogen) atoms. The number of carbonyl (C=O) groups excluding carboxylic acids is 1. The van der Waals surface area contributed by atoms with Gasteiger partial charge in [0.1, 0.15) is 6.10 Å². The van der Waals surface area contributed by atoms with Gasteiger partial charge in [0.15, 0.2) is 8.32 Å². The Balaban J connectivity index is 2.14. The zero-order chi connectivity index (χ0) is 16.4. The second-order valence-corrected chi connectivity index (χ2v) is 12.3. The summed E-state index contributed by atoms with van der Waals surface area (Å²) in [5.74, 6) is 0.441. The van der Waals surface area contributed by atoms with Crippen LogP contribution in [0.1, 0.15) is 66.7 Å². The first-order valence-electron chi connectivity index (χ1n) is 9.25. The van der Waals surface area contributed by atoms with Crippen LogP contribution in [0, 0.1) is 11.3 Å². The van der Waals surface area contributed by atoms with Gasteiger partial charge in [0.2, 0.25) is 0 Å². The van der Waals surface area contributed by atoms with Crippen molar-refractivity contribution in [3.8, 4) is 0 Å². The van der Waals surface area contributed by atoms with E-state index in [9.17, 15) is 4.79 Å². The average Bonchev–Trinajstić information content (AvgIpc) is 2.82. The van der Waals surface area contributed by atoms with E-state index in [0.717, 1.165) is 12.8 Å². The molecule has 0 aromatic heterocycles. The molecular weight excluding hydrogens is 292 g/mol. The lowest BCUT2D eigenvalue weighted by Gasteiger charge is -2.47. The van der Waals surface area contributed by atoms with Gasteiger partial charge in [-0.05, 0) is 49.7 Å². The Kier molecular flexibility index (Phi) is 5.76. The van der Waals surface area contributed by atoms with E-state index in [1.54, 1.807) is 0 Å². The first-order valence-corrected chi connectivity index (χ1v) is 11.8. The van der Waals surface area contributed by atoms with Crippen LogP contribution in [-0.2, 0) is 14.0 Å². The van der Waals surface area contributed by atoms with E-state index in [0.29, 0.717) is 12.0 Å². The van der Waals surface area contributed by atoms with E-state index in [1.165, 1.54) is 44.3 Å². The molecule has 0 heterocycles. The van der Waals surface area contributed by atoms with E-state index in [2.05, 4.69) is 27.7 Å². The summed E-state index contributed by atoms with van der Waals surface area (Å²) >= 11 is 0. The first kappa shape index (κ1) is 18.0. The highest BCUT2D eigenvalue weighted by Gasteiger charge is 2.54. The van der Waals surface area contributed by atoms with Crippen LogP contribution in [0.2, 0.25) is 18.1 Å². The largest absolute Gasteiger partial charge is 0.462 e. The van der Waals surface area contributed by atoms with Crippen molar-refractivity contribution >= 4 is 14.3 Å². The fourth-order valence-electron chi connectivity index (χ4n) is 4.93. The second kappa shape index (κ2) is 7.04. The predicted octanol–water partition coefficient (Wildman–Crippen LogP) is 4.91. The molecule has 2 fully saturated rings. The van der Waals surface area contributed by atoms with E-state index in [4.69, 9.17) is 9.16 Å². The Labute approximate surface area is 137 Å². The molecule has 0 aromatic rings. The maximum atomic E-state index is 11.4. The number of hydrogen-bond acceptors (Lipinski definition) is 3. The fourth-order valence-corrected chi connectivity index (χ4v) is 7.85. The normalized spacial score (nSPS) is 35.2. The first-order chi connectivity index (χ1) is 10.4. The Morgan fingerprint density at radius 2 is 1.77 bits per heavy atom. The molecule has 0 spiro atoms. The molecule has 2 aliphatic rings. The Hall–Kier alpha value is -0.353. The third kappa shape index (κ3) is 3.28. The van der Waals surface area contributed by atoms with Crippen LogP contribution < -0.4 is 0 Å². The molecule has 0 aliphatic heterocycles. The van der Waals surface area contributed by atoms with Crippen LogP contribution in [0.25, 0.3) is 0 Å². The summed E-state index contributed by atoms with van der Waals surface area (Å²) < 4.78 is 12.5. The Morgan fingerprint density at radius 3 is 2.32 bits per heavy atom. The lowest BCUT2D eigenvalue weighted by molar-refractivity contribution is -0.155. The van der Waals surface area contributed by atoms with Gasteiger partial charge in [-0.1, -0.05) is 34.1 Å². The average molecular weight is 327 g/mol. The zero-order valence-electron chi connectivity index (χ0n) is 15.1. The lowest BCUT2D eigenvalue weighted by atomic mass is 9.67. The highest BCUT2D eigenvalue weighted by Crippen LogP contribution is 2.54. The monoisotopic (exact) mass is 326 g/mol. The van der Waals surface area contributed by atoms with Crippen LogP contribution in [-0.4, -0.2) is 26.5 Å². The SMILES string of the molecule is CC[Si](CC)(CC)OC1CCCC2(C)[C@@H](OC(C)=O)CC[C@@H]12. The van der Waals surface area contributed by atoms with Crippen molar-refractivity contribution in [2.75, 3.05) is 0 Å². The van der Waals surface area contributed by atoms with Crippen LogP contribution in [0.15, 0.2) is 0 Å². The fraction of sp³-hybridized carbons (Fsp3) is 0.944. The molecule has 0 saturated heterocycles. The zero-order valence-corrected chi connectivity index (χ0v) is 16.1. The number of hydrogen-bond donors (Lipinski definition) is 0. The van der Waals surface area contributed by atoms with Gasteiger partial charge in [-0.15, -0.1) is 0 Å². The molecule has 0 N–H and O–H groups in total. The molecule has 2 saturated carbocycles. The molecule has 0 amide bonds. The second-order valence-electron chi connectivity index (χ2n) is 7.58. The summed E-state index contributed by atoms with van der Waals surface area (Å²) in [6.07, 6.45) is 6.24. The highest BCUT2D eigenvalue weighted by atomic mass is 28.4. The maximum Gasteiger partial charge on any atom is 0.302 e. The minimum absolute atomic E-state index is 0.0994. The van der Waals surface area contributed by atoms with Gasteiger partial charge in [-0.3, -0.25) is 4.79 Å². The molecule has 2 aliphatic carbocycles. The van der Waals surface area contributed by atoms with Crippen molar-refractivity contribution in [2.45, 2.75) is 97.1 Å². The third-order valence-electron chi connectivity index (χ3n) is 6.62. The number of esters is 1. The standard InChI is InChI=1S/C18H34O3Si/c1-6-22(7-2,8-3)21-16-10-9-13-18(5)15(16)11-12-17(18)20-14(4)19/h15-17H,6-13H2,1-5H3/t15-,16?,17-,18?/m0/s1. The van der Waals surface area contributed by atoms with Gasteiger partial charge in [-0.25, -0.2) is 0 Å². The lowest BCUT2D eigenvalue weighted by Crippen LogP contribution is -2.49. The van der Waals surface area contributed by atoms with Crippen molar-refractivity contribution in [3.63, 3.8) is 0 Å². The molecule has 2 rings (SSSR count). The van der Waals surface area contributed by atoms with Gasteiger partial charge in [-0.2, -0.15) is 0 Å². The van der Waals surface area contributed by atoms with Crippen LogP contribution >= 0.6 is 0 Å². The van der Waals surface area contributed by atoms with Crippen molar-refractivity contribution in [1.82, 2.24) is 0 Å². The predicted molar refractivity (Wildman–Crippen MR) is 92.3 cm³/mol. The summed E-state index contributed by atoms with van der Waals surface area (Å²) in [5.41, 5.74) is 0.129. The topological polar surface area (TPSA) is 35.5 Å². The molecule has 128 valence electrons. The number of ether oxygens (including phenoxy) is 1. The van der Waals surface area contributed by atoms with E-state index >= 15 is 0 Å². The summed E-state index contributed by atoms with van der Waals surface area (Å²) in [7, 11) is -1.56.